The molecule has 4 heteroatoms. The monoisotopic (exact) mass is 187 g/mol. The van der Waals surface area contributed by atoms with E-state index in [2.05, 4.69) is 9.97 Å². The molecule has 0 aliphatic carbocycles. The van der Waals surface area contributed by atoms with Crippen LogP contribution in [0, 0.1) is 0 Å². The Bertz CT molecular complexity index is 565. The highest BCUT2D eigenvalue weighted by Crippen LogP contribution is 2.29. The molecular weight excluding hydrogens is 178 g/mol. The van der Waals surface area contributed by atoms with E-state index in [-0.39, 0.29) is 5.88 Å². The molecule has 2 aromatic heterocycles. The molecule has 0 fully saturated rings. The van der Waals surface area contributed by atoms with E-state index in [1.807, 2.05) is 18.2 Å². The van der Waals surface area contributed by atoms with Crippen molar-refractivity contribution in [1.82, 2.24) is 9.97 Å². The second kappa shape index (κ2) is 2.23. The average molecular weight is 187 g/mol. The topological polar surface area (TPSA) is 77.8 Å². The molecule has 70 valence electrons. The number of nitrogens with one attached hydrogen (secondary N) is 2. The van der Waals surface area contributed by atoms with E-state index in [0.29, 0.717) is 5.82 Å². The van der Waals surface area contributed by atoms with E-state index in [0.717, 1.165) is 21.8 Å². The van der Waals surface area contributed by atoms with Crippen LogP contribution in [0.4, 0.5) is 5.82 Å². The van der Waals surface area contributed by atoms with Crippen molar-refractivity contribution in [3.8, 4) is 5.88 Å². The van der Waals surface area contributed by atoms with Crippen LogP contribution in [-0.2, 0) is 0 Å². The molecule has 2 heterocycles. The highest BCUT2D eigenvalue weighted by molar-refractivity contribution is 6.07. The molecule has 1 aromatic carbocycles. The number of hydrogen-bond donors (Lipinski definition) is 4. The Morgan fingerprint density at radius 2 is 1.64 bits per heavy atom. The summed E-state index contributed by atoms with van der Waals surface area (Å²) in [4.78, 5) is 5.90. The molecular formula is C10H9N3O. The zero-order valence-corrected chi connectivity index (χ0v) is 7.33. The third-order valence-corrected chi connectivity index (χ3v) is 2.41. The SMILES string of the molecule is Nc1cc2c(ccc3[nH]c(O)cc32)[nH]1. The van der Waals surface area contributed by atoms with Crippen molar-refractivity contribution in [2.75, 3.05) is 5.73 Å². The molecule has 0 unspecified atom stereocenters. The second-order valence-corrected chi connectivity index (χ2v) is 3.37. The Labute approximate surface area is 79.3 Å². The van der Waals surface area contributed by atoms with Crippen LogP contribution in [0.15, 0.2) is 24.3 Å². The van der Waals surface area contributed by atoms with Crippen LogP contribution in [0.1, 0.15) is 0 Å². The summed E-state index contributed by atoms with van der Waals surface area (Å²) in [6.07, 6.45) is 0. The fourth-order valence-electron chi connectivity index (χ4n) is 1.82. The molecule has 14 heavy (non-hydrogen) atoms. The number of anilines is 1. The molecule has 0 amide bonds. The molecule has 0 bridgehead atoms. The van der Waals surface area contributed by atoms with Gasteiger partial charge in [0.2, 0.25) is 0 Å². The van der Waals surface area contributed by atoms with Crippen LogP contribution in [-0.4, -0.2) is 15.1 Å². The van der Waals surface area contributed by atoms with Gasteiger partial charge in [0, 0.05) is 27.9 Å². The first-order valence-corrected chi connectivity index (χ1v) is 4.33. The number of rotatable bonds is 0. The van der Waals surface area contributed by atoms with Gasteiger partial charge in [-0.1, -0.05) is 0 Å². The average Bonchev–Trinajstić information content (AvgIpc) is 2.65. The molecule has 0 spiro atoms. The summed E-state index contributed by atoms with van der Waals surface area (Å²) in [5, 5.41) is 11.3. The standard InChI is InChI=1S/C10H9N3O/c11-9-3-5-6-4-10(14)13-8(6)2-1-7(5)12-9/h1-4,12-14H,11H2. The molecule has 3 rings (SSSR count). The van der Waals surface area contributed by atoms with Crippen molar-refractivity contribution in [2.24, 2.45) is 0 Å². The number of aromatic hydroxyl groups is 1. The van der Waals surface area contributed by atoms with E-state index >= 15 is 0 Å². The zero-order chi connectivity index (χ0) is 9.71. The summed E-state index contributed by atoms with van der Waals surface area (Å²) in [7, 11) is 0. The number of hydrogen-bond acceptors (Lipinski definition) is 2. The summed E-state index contributed by atoms with van der Waals surface area (Å²) in [5.74, 6) is 0.806. The number of nitrogen functional groups attached to an aromatic ring is 1. The highest BCUT2D eigenvalue weighted by Gasteiger charge is 2.05. The predicted octanol–water partition coefficient (Wildman–Crippen LogP) is 1.94. The molecule has 4 nitrogen and oxygen atoms in total. The number of nitrogens with two attached hydrogens (primary N) is 1. The quantitative estimate of drug-likeness (QED) is 0.434. The van der Waals surface area contributed by atoms with Crippen LogP contribution < -0.4 is 5.73 Å². The van der Waals surface area contributed by atoms with Crippen LogP contribution >= 0.6 is 0 Å². The van der Waals surface area contributed by atoms with Gasteiger partial charge in [0.1, 0.15) is 5.82 Å². The largest absolute Gasteiger partial charge is 0.495 e. The molecule has 0 radical (unpaired) electrons. The number of benzene rings is 1. The number of H-pyrrole nitrogens is 2. The smallest absolute Gasteiger partial charge is 0.189 e. The Hall–Kier alpha value is -2.10. The summed E-state index contributed by atoms with van der Waals surface area (Å²) in [6, 6.07) is 7.41. The highest BCUT2D eigenvalue weighted by atomic mass is 16.3. The van der Waals surface area contributed by atoms with Crippen LogP contribution in [0.25, 0.3) is 21.8 Å². The molecule has 0 saturated heterocycles. The van der Waals surface area contributed by atoms with Gasteiger partial charge in [0.25, 0.3) is 0 Å². The first kappa shape index (κ1) is 7.32. The van der Waals surface area contributed by atoms with Gasteiger partial charge in [-0.2, -0.15) is 0 Å². The first-order chi connectivity index (χ1) is 6.74. The van der Waals surface area contributed by atoms with Gasteiger partial charge >= 0.3 is 0 Å². The maximum Gasteiger partial charge on any atom is 0.189 e. The van der Waals surface area contributed by atoms with E-state index in [4.69, 9.17) is 5.73 Å². The Balaban J connectivity index is 2.58. The minimum atomic E-state index is 0.173. The zero-order valence-electron chi connectivity index (χ0n) is 7.33. The van der Waals surface area contributed by atoms with Crippen molar-refractivity contribution in [2.45, 2.75) is 0 Å². The van der Waals surface area contributed by atoms with Crippen molar-refractivity contribution in [3.05, 3.63) is 24.3 Å². The van der Waals surface area contributed by atoms with Crippen LogP contribution in [0.2, 0.25) is 0 Å². The van der Waals surface area contributed by atoms with Gasteiger partial charge in [-0.05, 0) is 18.2 Å². The fraction of sp³-hybridized carbons (Fsp3) is 0. The second-order valence-electron chi connectivity index (χ2n) is 3.37. The van der Waals surface area contributed by atoms with E-state index < -0.39 is 0 Å². The molecule has 0 aliphatic heterocycles. The first-order valence-electron chi connectivity index (χ1n) is 4.33. The third-order valence-electron chi connectivity index (χ3n) is 2.41. The van der Waals surface area contributed by atoms with Crippen molar-refractivity contribution in [3.63, 3.8) is 0 Å². The van der Waals surface area contributed by atoms with Crippen LogP contribution in [0.5, 0.6) is 5.88 Å². The molecule has 0 aliphatic rings. The summed E-state index contributed by atoms with van der Waals surface area (Å²) in [6.45, 7) is 0. The van der Waals surface area contributed by atoms with Gasteiger partial charge in [0.05, 0.1) is 0 Å². The van der Waals surface area contributed by atoms with Gasteiger partial charge in [-0.3, -0.25) is 0 Å². The van der Waals surface area contributed by atoms with E-state index in [1.165, 1.54) is 0 Å². The Morgan fingerprint density at radius 3 is 2.43 bits per heavy atom. The number of aromatic nitrogens is 2. The third kappa shape index (κ3) is 0.821. The maximum atomic E-state index is 9.33. The molecule has 5 N–H and O–H groups in total. The lowest BCUT2D eigenvalue weighted by Gasteiger charge is -1.90. The lowest BCUT2D eigenvalue weighted by atomic mass is 10.2. The minimum absolute atomic E-state index is 0.173. The Kier molecular flexibility index (Phi) is 1.16. The fourth-order valence-corrected chi connectivity index (χ4v) is 1.82. The molecule has 0 atom stereocenters. The van der Waals surface area contributed by atoms with E-state index in [9.17, 15) is 5.11 Å². The lowest BCUT2D eigenvalue weighted by Crippen LogP contribution is -1.80. The Morgan fingerprint density at radius 1 is 1.00 bits per heavy atom. The number of aromatic amines is 2. The predicted molar refractivity (Wildman–Crippen MR) is 56.2 cm³/mol. The van der Waals surface area contributed by atoms with E-state index in [1.54, 1.807) is 6.07 Å². The van der Waals surface area contributed by atoms with Gasteiger partial charge in [-0.15, -0.1) is 0 Å². The van der Waals surface area contributed by atoms with Crippen molar-refractivity contribution >= 4 is 27.6 Å². The maximum absolute atomic E-state index is 9.33. The molecule has 0 saturated carbocycles. The summed E-state index contributed by atoms with van der Waals surface area (Å²) in [5.41, 5.74) is 7.55. The normalized spacial score (nSPS) is 11.4. The van der Waals surface area contributed by atoms with Crippen molar-refractivity contribution < 1.29 is 5.11 Å². The summed E-state index contributed by atoms with van der Waals surface area (Å²) < 4.78 is 0. The van der Waals surface area contributed by atoms with Gasteiger partial charge in [-0.25, -0.2) is 0 Å². The van der Waals surface area contributed by atoms with Crippen LogP contribution in [0.3, 0.4) is 0 Å². The lowest BCUT2D eigenvalue weighted by molar-refractivity contribution is 0.458. The van der Waals surface area contributed by atoms with Crippen molar-refractivity contribution in [1.29, 1.82) is 0 Å². The summed E-state index contributed by atoms with van der Waals surface area (Å²) >= 11 is 0. The number of fused-ring (bicyclic) bond motifs is 3. The molecule has 3 aromatic rings. The van der Waals surface area contributed by atoms with Gasteiger partial charge < -0.3 is 20.8 Å². The van der Waals surface area contributed by atoms with Gasteiger partial charge in [0.15, 0.2) is 5.88 Å². The minimum Gasteiger partial charge on any atom is -0.495 e.